The van der Waals surface area contributed by atoms with Crippen molar-refractivity contribution < 1.29 is 22.7 Å². The number of carbonyl (C=O) groups excluding carboxylic acids is 1. The number of sulfonamides is 1. The van der Waals surface area contributed by atoms with Gasteiger partial charge in [0.2, 0.25) is 0 Å². The van der Waals surface area contributed by atoms with Crippen molar-refractivity contribution in [2.45, 2.75) is 32.1 Å². The van der Waals surface area contributed by atoms with Gasteiger partial charge in [-0.05, 0) is 68.8 Å². The molecule has 0 aliphatic carbocycles. The van der Waals surface area contributed by atoms with Crippen LogP contribution in [-0.4, -0.2) is 27.5 Å². The molecule has 1 amide bonds. The Morgan fingerprint density at radius 3 is 2.24 bits per heavy atom. The van der Waals surface area contributed by atoms with Gasteiger partial charge in [0, 0.05) is 11.6 Å². The highest BCUT2D eigenvalue weighted by Gasteiger charge is 2.29. The summed E-state index contributed by atoms with van der Waals surface area (Å²) in [5, 5.41) is 0. The standard InChI is InChI=1S/C27H29NO5S/c1-4-20-33-26-9-7-6-8-22(26)12-19-27(29)28(23-13-15-24(16-14-23)32-5-2)34(30,31)25-17-10-21(3)11-18-25/h6-19H,4-5,20H2,1-3H3/b19-12+. The van der Waals surface area contributed by atoms with Crippen LogP contribution in [-0.2, 0) is 14.8 Å². The van der Waals surface area contributed by atoms with Crippen molar-refractivity contribution >= 4 is 27.7 Å². The first-order valence-electron chi connectivity index (χ1n) is 11.2. The van der Waals surface area contributed by atoms with E-state index in [1.165, 1.54) is 18.2 Å². The van der Waals surface area contributed by atoms with Crippen molar-refractivity contribution in [2.75, 3.05) is 17.5 Å². The minimum Gasteiger partial charge on any atom is -0.494 e. The Morgan fingerprint density at radius 1 is 0.912 bits per heavy atom. The summed E-state index contributed by atoms with van der Waals surface area (Å²) in [5.41, 5.74) is 1.82. The Balaban J connectivity index is 2.01. The molecule has 0 unspecified atom stereocenters. The summed E-state index contributed by atoms with van der Waals surface area (Å²) in [4.78, 5) is 13.4. The van der Waals surface area contributed by atoms with Gasteiger partial charge >= 0.3 is 0 Å². The molecule has 7 heteroatoms. The number of rotatable bonds is 10. The molecule has 0 aliphatic heterocycles. The minimum absolute atomic E-state index is 0.0282. The highest BCUT2D eigenvalue weighted by Crippen LogP contribution is 2.27. The zero-order valence-electron chi connectivity index (χ0n) is 19.6. The number of hydrogen-bond donors (Lipinski definition) is 0. The average molecular weight is 480 g/mol. The molecule has 178 valence electrons. The molecule has 0 aromatic heterocycles. The van der Waals surface area contributed by atoms with E-state index < -0.39 is 15.9 Å². The quantitative estimate of drug-likeness (QED) is 0.353. The van der Waals surface area contributed by atoms with E-state index in [2.05, 4.69) is 0 Å². The first kappa shape index (κ1) is 25.1. The van der Waals surface area contributed by atoms with Gasteiger partial charge in [0.25, 0.3) is 15.9 Å². The largest absolute Gasteiger partial charge is 0.494 e. The third-order valence-electron chi connectivity index (χ3n) is 4.93. The van der Waals surface area contributed by atoms with E-state index in [0.29, 0.717) is 30.3 Å². The number of anilines is 1. The van der Waals surface area contributed by atoms with Gasteiger partial charge in [-0.1, -0.05) is 42.8 Å². The highest BCUT2D eigenvalue weighted by atomic mass is 32.2. The average Bonchev–Trinajstić information content (AvgIpc) is 2.83. The Bertz CT molecular complexity index is 1230. The molecule has 0 saturated heterocycles. The van der Waals surface area contributed by atoms with Crippen molar-refractivity contribution in [3.63, 3.8) is 0 Å². The SMILES string of the molecule is CCCOc1ccccc1/C=C/C(=O)N(c1ccc(OCC)cc1)S(=O)(=O)c1ccc(C)cc1. The summed E-state index contributed by atoms with van der Waals surface area (Å²) in [6.45, 7) is 6.75. The summed E-state index contributed by atoms with van der Waals surface area (Å²) >= 11 is 0. The van der Waals surface area contributed by atoms with Crippen molar-refractivity contribution in [1.82, 2.24) is 0 Å². The van der Waals surface area contributed by atoms with Gasteiger partial charge in [-0.2, -0.15) is 4.31 Å². The molecular formula is C27H29NO5S. The monoisotopic (exact) mass is 479 g/mol. The fourth-order valence-corrected chi connectivity index (χ4v) is 4.62. The number of aryl methyl sites for hydroxylation is 1. The number of ether oxygens (including phenoxy) is 2. The maximum atomic E-state index is 13.5. The Morgan fingerprint density at radius 2 is 1.59 bits per heavy atom. The van der Waals surface area contributed by atoms with Gasteiger partial charge in [0.1, 0.15) is 11.5 Å². The van der Waals surface area contributed by atoms with Crippen molar-refractivity contribution in [3.05, 3.63) is 90.0 Å². The summed E-state index contributed by atoms with van der Waals surface area (Å²) in [6, 6.07) is 20.1. The molecule has 0 heterocycles. The first-order valence-corrected chi connectivity index (χ1v) is 12.6. The predicted octanol–water partition coefficient (Wildman–Crippen LogP) is 5.62. The molecule has 6 nitrogen and oxygen atoms in total. The molecule has 0 fully saturated rings. The van der Waals surface area contributed by atoms with Crippen LogP contribution in [0.5, 0.6) is 11.5 Å². The summed E-state index contributed by atoms with van der Waals surface area (Å²) < 4.78 is 39.1. The Labute approximate surface area is 201 Å². The molecule has 0 radical (unpaired) electrons. The van der Waals surface area contributed by atoms with Crippen LogP contribution in [0.15, 0.2) is 83.8 Å². The molecule has 3 aromatic carbocycles. The number of benzene rings is 3. The molecule has 0 spiro atoms. The number of hydrogen-bond acceptors (Lipinski definition) is 5. The van der Waals surface area contributed by atoms with E-state index in [-0.39, 0.29) is 10.6 Å². The lowest BCUT2D eigenvalue weighted by Gasteiger charge is -2.22. The maximum absolute atomic E-state index is 13.5. The van der Waals surface area contributed by atoms with Crippen molar-refractivity contribution in [3.8, 4) is 11.5 Å². The highest BCUT2D eigenvalue weighted by molar-refractivity contribution is 7.93. The molecule has 0 saturated carbocycles. The third-order valence-corrected chi connectivity index (χ3v) is 6.67. The van der Waals surface area contributed by atoms with Crippen LogP contribution in [0.3, 0.4) is 0 Å². The lowest BCUT2D eigenvalue weighted by Crippen LogP contribution is -2.35. The van der Waals surface area contributed by atoms with E-state index in [1.54, 1.807) is 42.5 Å². The minimum atomic E-state index is -4.16. The Kier molecular flexibility index (Phi) is 8.49. The van der Waals surface area contributed by atoms with Crippen LogP contribution in [0.4, 0.5) is 5.69 Å². The fourth-order valence-electron chi connectivity index (χ4n) is 3.23. The van der Waals surface area contributed by atoms with Crippen LogP contribution >= 0.6 is 0 Å². The van der Waals surface area contributed by atoms with Gasteiger partial charge in [-0.3, -0.25) is 4.79 Å². The molecule has 0 atom stereocenters. The molecular weight excluding hydrogens is 450 g/mol. The molecule has 0 aliphatic rings. The van der Waals surface area contributed by atoms with Crippen LogP contribution in [0.1, 0.15) is 31.4 Å². The fraction of sp³-hybridized carbons (Fsp3) is 0.222. The smallest absolute Gasteiger partial charge is 0.271 e. The summed E-state index contributed by atoms with van der Waals surface area (Å²) in [7, 11) is -4.16. The number of amides is 1. The normalized spacial score (nSPS) is 11.4. The lowest BCUT2D eigenvalue weighted by atomic mass is 10.2. The third kappa shape index (κ3) is 6.05. The van der Waals surface area contributed by atoms with Gasteiger partial charge in [-0.25, -0.2) is 8.42 Å². The van der Waals surface area contributed by atoms with Crippen molar-refractivity contribution in [2.24, 2.45) is 0 Å². The van der Waals surface area contributed by atoms with Crippen LogP contribution in [0.25, 0.3) is 6.08 Å². The topological polar surface area (TPSA) is 72.9 Å². The van der Waals surface area contributed by atoms with Crippen LogP contribution < -0.4 is 13.8 Å². The van der Waals surface area contributed by atoms with Gasteiger partial charge in [0.15, 0.2) is 0 Å². The van der Waals surface area contributed by atoms with E-state index in [1.807, 2.05) is 45.0 Å². The lowest BCUT2D eigenvalue weighted by molar-refractivity contribution is -0.113. The predicted molar refractivity (Wildman–Crippen MR) is 135 cm³/mol. The molecule has 3 aromatic rings. The van der Waals surface area contributed by atoms with E-state index >= 15 is 0 Å². The molecule has 3 rings (SSSR count). The molecule has 0 N–H and O–H groups in total. The number of nitrogens with zero attached hydrogens (tertiary/aromatic N) is 1. The second-order valence-electron chi connectivity index (χ2n) is 7.57. The zero-order chi connectivity index (χ0) is 24.6. The van der Waals surface area contributed by atoms with Crippen LogP contribution in [0.2, 0.25) is 0 Å². The van der Waals surface area contributed by atoms with Crippen molar-refractivity contribution in [1.29, 1.82) is 0 Å². The van der Waals surface area contributed by atoms with E-state index in [4.69, 9.17) is 9.47 Å². The number of para-hydroxylation sites is 1. The maximum Gasteiger partial charge on any atom is 0.271 e. The zero-order valence-corrected chi connectivity index (χ0v) is 20.4. The summed E-state index contributed by atoms with van der Waals surface area (Å²) in [6.07, 6.45) is 3.66. The van der Waals surface area contributed by atoms with Gasteiger partial charge in [-0.15, -0.1) is 0 Å². The first-order chi connectivity index (χ1) is 16.4. The van der Waals surface area contributed by atoms with E-state index in [0.717, 1.165) is 16.3 Å². The second-order valence-corrected chi connectivity index (χ2v) is 9.35. The van der Waals surface area contributed by atoms with E-state index in [9.17, 15) is 13.2 Å². The number of carbonyl (C=O) groups is 1. The second kappa shape index (κ2) is 11.5. The van der Waals surface area contributed by atoms with Crippen LogP contribution in [0, 0.1) is 6.92 Å². The van der Waals surface area contributed by atoms with Gasteiger partial charge < -0.3 is 9.47 Å². The molecule has 34 heavy (non-hydrogen) atoms. The Hall–Kier alpha value is -3.58. The molecule has 0 bridgehead atoms. The van der Waals surface area contributed by atoms with Gasteiger partial charge in [0.05, 0.1) is 23.8 Å². The summed E-state index contributed by atoms with van der Waals surface area (Å²) in [5.74, 6) is 0.515.